The molecule has 1 aliphatic carbocycles. The normalized spacial score (nSPS) is 12.6. The summed E-state index contributed by atoms with van der Waals surface area (Å²) in [5, 5.41) is 4.16. The molecule has 0 fully saturated rings. The van der Waals surface area contributed by atoms with Crippen molar-refractivity contribution in [1.29, 1.82) is 0 Å². The van der Waals surface area contributed by atoms with E-state index in [0.29, 0.717) is 55.3 Å². The highest BCUT2D eigenvalue weighted by Gasteiger charge is 2.47. The van der Waals surface area contributed by atoms with Gasteiger partial charge < -0.3 is 4.90 Å². The molecule has 10 aromatic carbocycles. The van der Waals surface area contributed by atoms with Gasteiger partial charge in [-0.1, -0.05) is 215 Å². The van der Waals surface area contributed by atoms with Gasteiger partial charge in [0.25, 0.3) is 0 Å². The van der Waals surface area contributed by atoms with Crippen molar-refractivity contribution in [2.75, 3.05) is 4.90 Å². The lowest BCUT2D eigenvalue weighted by molar-refractivity contribution is 0.768. The fourth-order valence-corrected chi connectivity index (χ4v) is 10.9. The molecule has 0 saturated heterocycles. The first kappa shape index (κ1) is 41.6. The maximum atomic E-state index is 7.52. The van der Waals surface area contributed by atoms with Gasteiger partial charge in [-0.15, -0.1) is 0 Å². The molecule has 296 valence electrons. The summed E-state index contributed by atoms with van der Waals surface area (Å²) < 4.78 is 0. The third-order valence-electron chi connectivity index (χ3n) is 14.0. The lowest BCUT2D eigenvalue weighted by atomic mass is 9.66. The van der Waals surface area contributed by atoms with E-state index in [-0.39, 0.29) is 0 Å². The Morgan fingerprint density at radius 2 is 0.727 bits per heavy atom. The lowest BCUT2D eigenvalue weighted by Gasteiger charge is -2.38. The van der Waals surface area contributed by atoms with Crippen molar-refractivity contribution < 1.29 is 0 Å². The molecule has 0 heterocycles. The number of anilines is 3. The van der Waals surface area contributed by atoms with E-state index >= 15 is 0 Å². The Kier molecular flexibility index (Phi) is 10.2. The largest absolute Gasteiger partial charge is 0.311 e. The van der Waals surface area contributed by atoms with Crippen LogP contribution >= 0.6 is 0 Å². The molecule has 0 amide bonds. The molecule has 66 heavy (non-hydrogen) atoms. The summed E-state index contributed by atoms with van der Waals surface area (Å²) in [4.78, 5) is 2.12. The summed E-state index contributed by atoms with van der Waals surface area (Å²) >= 11 is 0. The molecule has 10 aromatic rings. The predicted octanol–water partition coefficient (Wildman–Crippen LogP) is 8.54. The van der Waals surface area contributed by atoms with Crippen LogP contribution in [-0.2, 0) is 5.41 Å². The number of hydrogen-bond acceptors (Lipinski definition) is 1. The molecule has 0 saturated carbocycles. The number of rotatable bonds is 7. The molecule has 1 aliphatic rings. The lowest BCUT2D eigenvalue weighted by Crippen LogP contribution is -2.43. The summed E-state index contributed by atoms with van der Waals surface area (Å²) in [6, 6.07) is 65.3. The van der Waals surface area contributed by atoms with Gasteiger partial charge in [0.05, 0.1) is 11.1 Å². The zero-order valence-corrected chi connectivity index (χ0v) is 36.8. The number of nitrogens with zero attached hydrogens (tertiary/aromatic N) is 1. The fraction of sp³-hybridized carbons (Fsp3) is 0.0508. The Balaban J connectivity index is 1.27. The second kappa shape index (κ2) is 16.1. The first-order valence-electron chi connectivity index (χ1n) is 22.2. The zero-order chi connectivity index (χ0) is 45.4. The van der Waals surface area contributed by atoms with Crippen molar-refractivity contribution in [2.24, 2.45) is 0 Å². The molecule has 7 heteroatoms. The molecule has 0 aromatic heterocycles. The van der Waals surface area contributed by atoms with Crippen LogP contribution in [0.4, 0.5) is 17.1 Å². The van der Waals surface area contributed by atoms with Crippen molar-refractivity contribution in [1.82, 2.24) is 0 Å². The van der Waals surface area contributed by atoms with E-state index in [0.717, 1.165) is 82.9 Å². The van der Waals surface area contributed by atoms with E-state index in [9.17, 15) is 0 Å². The minimum absolute atomic E-state index is 0.347. The van der Waals surface area contributed by atoms with Gasteiger partial charge in [-0.25, -0.2) is 0 Å². The minimum Gasteiger partial charge on any atom is -0.311 e. The second-order valence-electron chi connectivity index (χ2n) is 17.3. The Labute approximate surface area is 395 Å². The van der Waals surface area contributed by atoms with Gasteiger partial charge in [-0.3, -0.25) is 0 Å². The van der Waals surface area contributed by atoms with Gasteiger partial charge in [0.15, 0.2) is 0 Å². The van der Waals surface area contributed by atoms with Gasteiger partial charge in [0.1, 0.15) is 47.1 Å². The van der Waals surface area contributed by atoms with Gasteiger partial charge in [-0.05, 0) is 103 Å². The Hall–Kier alpha value is -7.09. The van der Waals surface area contributed by atoms with Crippen LogP contribution in [0.5, 0.6) is 0 Å². The molecule has 0 atom stereocenters. The van der Waals surface area contributed by atoms with Crippen LogP contribution in [0.25, 0.3) is 54.9 Å². The van der Waals surface area contributed by atoms with Crippen LogP contribution in [-0.4, -0.2) is 47.1 Å². The number of benzene rings is 10. The summed E-state index contributed by atoms with van der Waals surface area (Å²) in [5.74, 6) is 0. The second-order valence-corrected chi connectivity index (χ2v) is 17.3. The average Bonchev–Trinajstić information content (AvgIpc) is 3.67. The summed E-state index contributed by atoms with van der Waals surface area (Å²) in [7, 11) is 44.5. The highest BCUT2D eigenvalue weighted by atomic mass is 15.2. The van der Waals surface area contributed by atoms with Crippen LogP contribution in [0, 0.1) is 13.8 Å². The zero-order valence-electron chi connectivity index (χ0n) is 36.8. The van der Waals surface area contributed by atoms with Crippen LogP contribution in [0.2, 0.25) is 0 Å². The third kappa shape index (κ3) is 6.02. The van der Waals surface area contributed by atoms with E-state index in [1.165, 1.54) is 0 Å². The summed E-state index contributed by atoms with van der Waals surface area (Å²) in [5.41, 5.74) is 14.9. The molecule has 0 spiro atoms. The molecule has 1 nitrogen and oxygen atoms in total. The Bertz CT molecular complexity index is 3330. The predicted molar refractivity (Wildman–Crippen MR) is 286 cm³/mol. The van der Waals surface area contributed by atoms with Gasteiger partial charge in [-0.2, -0.15) is 0 Å². The molecular weight excluding hydrogens is 788 g/mol. The maximum absolute atomic E-state index is 7.52. The fourth-order valence-electron chi connectivity index (χ4n) is 10.9. The SMILES string of the molecule is [B]c1c([B])c(N(c2cccc3c2-c2ccccc2C3(c2ccccc2)c2ccccc2)c2c([B])c([B])c(-c3cccc4ccccc34)c([B])c2C)c(C)c([B])c1-c1cccc2ccccc12. The molecule has 0 aliphatic heterocycles. The van der Waals surface area contributed by atoms with Crippen LogP contribution in [0.1, 0.15) is 33.4 Å². The smallest absolute Gasteiger partial charge is 0.115 e. The number of hydrogen-bond donors (Lipinski definition) is 0. The van der Waals surface area contributed by atoms with Gasteiger partial charge in [0, 0.05) is 16.9 Å². The van der Waals surface area contributed by atoms with E-state index in [2.05, 4.69) is 144 Å². The molecular formula is C59H37B6N. The highest BCUT2D eigenvalue weighted by Crippen LogP contribution is 2.59. The van der Waals surface area contributed by atoms with Gasteiger partial charge in [0.2, 0.25) is 0 Å². The summed E-state index contributed by atoms with van der Waals surface area (Å²) in [6.07, 6.45) is 0. The quantitative estimate of drug-likeness (QED) is 0.146. The van der Waals surface area contributed by atoms with Crippen molar-refractivity contribution in [3.63, 3.8) is 0 Å². The topological polar surface area (TPSA) is 3.24 Å². The molecule has 12 radical (unpaired) electrons. The molecule has 0 unspecified atom stereocenters. The van der Waals surface area contributed by atoms with Crippen molar-refractivity contribution in [3.8, 4) is 33.4 Å². The van der Waals surface area contributed by atoms with Crippen molar-refractivity contribution in [2.45, 2.75) is 19.3 Å². The van der Waals surface area contributed by atoms with Gasteiger partial charge >= 0.3 is 0 Å². The van der Waals surface area contributed by atoms with Crippen molar-refractivity contribution >= 4 is 118 Å². The number of fused-ring (bicyclic) bond motifs is 5. The van der Waals surface area contributed by atoms with E-state index in [1.54, 1.807) is 0 Å². The first-order chi connectivity index (χ1) is 32.1. The maximum Gasteiger partial charge on any atom is 0.115 e. The van der Waals surface area contributed by atoms with Crippen LogP contribution < -0.4 is 37.7 Å². The van der Waals surface area contributed by atoms with E-state index in [4.69, 9.17) is 47.1 Å². The Morgan fingerprint density at radius 3 is 1.24 bits per heavy atom. The molecule has 0 N–H and O–H groups in total. The van der Waals surface area contributed by atoms with E-state index in [1.807, 2.05) is 62.4 Å². The summed E-state index contributed by atoms with van der Waals surface area (Å²) in [6.45, 7) is 4.00. The standard InChI is InChI=1S/C59H37B6N/c1-34-51(60)49(42-29-15-20-36-18-9-11-26-40(36)42)53(62)55(64)57(34)66(58-35(2)52(61)50(54(63)56(58)65)43-30-16-21-37-19-10-12-27-41(37)43)47-33-17-32-46-48(47)44-28-13-14-31-45(44)59(46,38-22-5-3-6-23-38)39-24-7-4-8-25-39/h3-33H,1-2H3. The third-order valence-corrected chi connectivity index (χ3v) is 14.0. The average molecular weight is 825 g/mol. The monoisotopic (exact) mass is 825 g/mol. The molecule has 0 bridgehead atoms. The van der Waals surface area contributed by atoms with Crippen LogP contribution in [0.15, 0.2) is 188 Å². The van der Waals surface area contributed by atoms with Crippen LogP contribution in [0.3, 0.4) is 0 Å². The Morgan fingerprint density at radius 1 is 0.333 bits per heavy atom. The van der Waals surface area contributed by atoms with E-state index < -0.39 is 5.41 Å². The minimum atomic E-state index is -0.691. The molecule has 11 rings (SSSR count). The highest BCUT2D eigenvalue weighted by molar-refractivity contribution is 6.59. The first-order valence-corrected chi connectivity index (χ1v) is 22.2. The van der Waals surface area contributed by atoms with Crippen molar-refractivity contribution in [3.05, 3.63) is 221 Å².